The Kier molecular flexibility index (Phi) is 2.52. The average molecular weight is 253 g/mol. The molecule has 0 saturated carbocycles. The first kappa shape index (κ1) is 11.4. The van der Waals surface area contributed by atoms with Crippen LogP contribution in [0.2, 0.25) is 0 Å². The number of fused-ring (bicyclic) bond motifs is 1. The van der Waals surface area contributed by atoms with E-state index in [1.54, 1.807) is 12.1 Å². The van der Waals surface area contributed by atoms with Crippen molar-refractivity contribution in [3.63, 3.8) is 0 Å². The Morgan fingerprint density at radius 3 is 2.58 bits per heavy atom. The number of rotatable bonds is 2. The van der Waals surface area contributed by atoms with Crippen LogP contribution in [0.3, 0.4) is 0 Å². The number of hydrogen-bond acceptors (Lipinski definition) is 3. The molecule has 0 aliphatic rings. The standard InChI is InChI=1S/C14H11N3O2/c1-8-2-4-10(17-19)7-11(8)9-3-5-12-13(6-9)16-14(18)15-12/h2-7H,1H3,(H2,15,16,18). The minimum Gasteiger partial charge on any atom is -0.306 e. The molecular formula is C14H11N3O2. The quantitative estimate of drug-likeness (QED) is 0.688. The number of nitrogens with one attached hydrogen (secondary N) is 2. The van der Waals surface area contributed by atoms with Gasteiger partial charge < -0.3 is 9.97 Å². The van der Waals surface area contributed by atoms with Crippen LogP contribution in [0.1, 0.15) is 5.56 Å². The van der Waals surface area contributed by atoms with E-state index in [2.05, 4.69) is 15.1 Å². The number of H-pyrrole nitrogens is 2. The third-order valence-electron chi connectivity index (χ3n) is 3.15. The van der Waals surface area contributed by atoms with Gasteiger partial charge in [-0.3, -0.25) is 0 Å². The second-order valence-electron chi connectivity index (χ2n) is 4.43. The molecule has 1 heterocycles. The fraction of sp³-hybridized carbons (Fsp3) is 0.0714. The molecule has 19 heavy (non-hydrogen) atoms. The summed E-state index contributed by atoms with van der Waals surface area (Å²) in [7, 11) is 0. The SMILES string of the molecule is Cc1ccc(N=O)cc1-c1ccc2[nH]c(=O)[nH]c2c1. The van der Waals surface area contributed by atoms with Crippen molar-refractivity contribution in [1.82, 2.24) is 9.97 Å². The van der Waals surface area contributed by atoms with Crippen molar-refractivity contribution >= 4 is 16.7 Å². The lowest BCUT2D eigenvalue weighted by Crippen LogP contribution is -1.99. The van der Waals surface area contributed by atoms with Gasteiger partial charge in [-0.05, 0) is 53.1 Å². The van der Waals surface area contributed by atoms with Gasteiger partial charge in [0.1, 0.15) is 5.69 Å². The lowest BCUT2D eigenvalue weighted by atomic mass is 9.99. The normalized spacial score (nSPS) is 10.8. The zero-order valence-corrected chi connectivity index (χ0v) is 10.2. The first-order chi connectivity index (χ1) is 9.17. The molecule has 0 bridgehead atoms. The van der Waals surface area contributed by atoms with Crippen LogP contribution in [0.25, 0.3) is 22.2 Å². The van der Waals surface area contributed by atoms with Gasteiger partial charge in [0.25, 0.3) is 0 Å². The smallest absolute Gasteiger partial charge is 0.306 e. The molecule has 0 aliphatic carbocycles. The van der Waals surface area contributed by atoms with E-state index in [1.807, 2.05) is 31.2 Å². The molecule has 2 aromatic carbocycles. The van der Waals surface area contributed by atoms with Gasteiger partial charge in [0.15, 0.2) is 0 Å². The van der Waals surface area contributed by atoms with Crippen molar-refractivity contribution in [1.29, 1.82) is 0 Å². The maximum atomic E-state index is 11.2. The van der Waals surface area contributed by atoms with Crippen LogP contribution in [0.15, 0.2) is 46.4 Å². The molecule has 94 valence electrons. The summed E-state index contributed by atoms with van der Waals surface area (Å²) in [6.07, 6.45) is 0. The van der Waals surface area contributed by atoms with E-state index in [9.17, 15) is 9.70 Å². The summed E-state index contributed by atoms with van der Waals surface area (Å²) in [4.78, 5) is 27.3. The van der Waals surface area contributed by atoms with Gasteiger partial charge in [-0.2, -0.15) is 0 Å². The Morgan fingerprint density at radius 2 is 1.79 bits per heavy atom. The van der Waals surface area contributed by atoms with Crippen LogP contribution in [-0.4, -0.2) is 9.97 Å². The highest BCUT2D eigenvalue weighted by atomic mass is 16.3. The molecule has 0 saturated heterocycles. The van der Waals surface area contributed by atoms with Crippen molar-refractivity contribution in [2.75, 3.05) is 0 Å². The number of benzene rings is 2. The summed E-state index contributed by atoms with van der Waals surface area (Å²) in [6, 6.07) is 10.9. The van der Waals surface area contributed by atoms with Gasteiger partial charge in [-0.1, -0.05) is 12.1 Å². The van der Waals surface area contributed by atoms with E-state index in [1.165, 1.54) is 0 Å². The third-order valence-corrected chi connectivity index (χ3v) is 3.15. The van der Waals surface area contributed by atoms with Crippen molar-refractivity contribution in [3.05, 3.63) is 57.4 Å². The summed E-state index contributed by atoms with van der Waals surface area (Å²) in [5.41, 5.74) is 4.58. The summed E-state index contributed by atoms with van der Waals surface area (Å²) >= 11 is 0. The second-order valence-corrected chi connectivity index (χ2v) is 4.43. The van der Waals surface area contributed by atoms with E-state index in [0.717, 1.165) is 27.7 Å². The van der Waals surface area contributed by atoms with Gasteiger partial charge in [0.05, 0.1) is 11.0 Å². The zero-order valence-electron chi connectivity index (χ0n) is 10.2. The van der Waals surface area contributed by atoms with Crippen LogP contribution >= 0.6 is 0 Å². The lowest BCUT2D eigenvalue weighted by Gasteiger charge is -2.06. The molecule has 0 atom stereocenters. The van der Waals surface area contributed by atoms with E-state index >= 15 is 0 Å². The largest absolute Gasteiger partial charge is 0.323 e. The minimum absolute atomic E-state index is 0.229. The molecule has 5 heteroatoms. The molecule has 3 rings (SSSR count). The second kappa shape index (κ2) is 4.20. The van der Waals surface area contributed by atoms with Crippen molar-refractivity contribution < 1.29 is 0 Å². The Hall–Kier alpha value is -2.69. The van der Waals surface area contributed by atoms with Crippen molar-refractivity contribution in [2.24, 2.45) is 5.18 Å². The molecule has 0 aliphatic heterocycles. The zero-order chi connectivity index (χ0) is 13.4. The van der Waals surface area contributed by atoms with Crippen LogP contribution in [0.4, 0.5) is 5.69 Å². The number of aromatic amines is 2. The first-order valence-corrected chi connectivity index (χ1v) is 5.84. The Labute approximate surface area is 108 Å². The lowest BCUT2D eigenvalue weighted by molar-refractivity contribution is 1.22. The summed E-state index contributed by atoms with van der Waals surface area (Å²) in [5, 5.41) is 2.95. The minimum atomic E-state index is -0.229. The van der Waals surface area contributed by atoms with E-state index in [4.69, 9.17) is 0 Å². The molecule has 0 spiro atoms. The fourth-order valence-corrected chi connectivity index (χ4v) is 2.18. The van der Waals surface area contributed by atoms with Crippen LogP contribution in [-0.2, 0) is 0 Å². The van der Waals surface area contributed by atoms with Crippen LogP contribution in [0.5, 0.6) is 0 Å². The highest BCUT2D eigenvalue weighted by Gasteiger charge is 2.06. The van der Waals surface area contributed by atoms with Gasteiger partial charge in [0.2, 0.25) is 0 Å². The number of nitroso groups, excluding NO2 is 1. The third kappa shape index (κ3) is 1.95. The molecule has 1 aromatic heterocycles. The van der Waals surface area contributed by atoms with Crippen molar-refractivity contribution in [2.45, 2.75) is 6.92 Å². The Morgan fingerprint density at radius 1 is 1.00 bits per heavy atom. The number of aromatic nitrogens is 2. The topological polar surface area (TPSA) is 78.1 Å². The number of imidazole rings is 1. The number of aryl methyl sites for hydroxylation is 1. The summed E-state index contributed by atoms with van der Waals surface area (Å²) in [5.74, 6) is 0. The van der Waals surface area contributed by atoms with Gasteiger partial charge in [-0.15, -0.1) is 4.91 Å². The van der Waals surface area contributed by atoms with Gasteiger partial charge >= 0.3 is 5.69 Å². The predicted octanol–water partition coefficient (Wildman–Crippen LogP) is 3.23. The van der Waals surface area contributed by atoms with Crippen LogP contribution < -0.4 is 5.69 Å². The number of hydrogen-bond donors (Lipinski definition) is 2. The molecular weight excluding hydrogens is 242 g/mol. The predicted molar refractivity (Wildman–Crippen MR) is 74.5 cm³/mol. The molecule has 0 radical (unpaired) electrons. The number of nitrogens with zero attached hydrogens (tertiary/aromatic N) is 1. The molecule has 5 nitrogen and oxygen atoms in total. The Bertz CT molecular complexity index is 830. The van der Waals surface area contributed by atoms with Crippen molar-refractivity contribution in [3.8, 4) is 11.1 Å². The maximum Gasteiger partial charge on any atom is 0.323 e. The molecule has 2 N–H and O–H groups in total. The van der Waals surface area contributed by atoms with Gasteiger partial charge in [-0.25, -0.2) is 4.79 Å². The van der Waals surface area contributed by atoms with E-state index in [-0.39, 0.29) is 5.69 Å². The van der Waals surface area contributed by atoms with Crippen LogP contribution in [0, 0.1) is 11.8 Å². The van der Waals surface area contributed by atoms with Gasteiger partial charge in [0, 0.05) is 0 Å². The summed E-state index contributed by atoms with van der Waals surface area (Å²) in [6.45, 7) is 1.97. The first-order valence-electron chi connectivity index (χ1n) is 5.84. The summed E-state index contributed by atoms with van der Waals surface area (Å²) < 4.78 is 0. The molecule has 0 fully saturated rings. The fourth-order valence-electron chi connectivity index (χ4n) is 2.18. The molecule has 0 amide bonds. The van der Waals surface area contributed by atoms with E-state index < -0.39 is 0 Å². The highest BCUT2D eigenvalue weighted by Crippen LogP contribution is 2.29. The highest BCUT2D eigenvalue weighted by molar-refractivity contribution is 5.83. The monoisotopic (exact) mass is 253 g/mol. The van der Waals surface area contributed by atoms with E-state index in [0.29, 0.717) is 5.69 Å². The Balaban J connectivity index is 2.23. The average Bonchev–Trinajstić information content (AvgIpc) is 2.78. The molecule has 3 aromatic rings. The maximum absolute atomic E-state index is 11.2. The molecule has 0 unspecified atom stereocenters.